The van der Waals surface area contributed by atoms with Gasteiger partial charge < -0.3 is 5.11 Å². The second-order valence-electron chi connectivity index (χ2n) is 4.77. The van der Waals surface area contributed by atoms with E-state index in [9.17, 15) is 5.11 Å². The number of rotatable bonds is 3. The predicted octanol–water partition coefficient (Wildman–Crippen LogP) is 2.06. The topological polar surface area (TPSA) is 50.9 Å². The van der Waals surface area contributed by atoms with Crippen molar-refractivity contribution in [2.24, 2.45) is 0 Å². The fourth-order valence-corrected chi connectivity index (χ4v) is 2.69. The Morgan fingerprint density at radius 3 is 3.22 bits per heavy atom. The average Bonchev–Trinajstić information content (AvgIpc) is 3.04. The van der Waals surface area contributed by atoms with Crippen molar-refractivity contribution in [2.45, 2.75) is 38.3 Å². The summed E-state index contributed by atoms with van der Waals surface area (Å²) in [6.07, 6.45) is 6.96. The van der Waals surface area contributed by atoms with Crippen LogP contribution >= 0.6 is 0 Å². The normalized spacial score (nSPS) is 19.8. The van der Waals surface area contributed by atoms with Gasteiger partial charge in [-0.25, -0.2) is 0 Å². The molecule has 3 rings (SSSR count). The molecule has 0 fully saturated rings. The first kappa shape index (κ1) is 11.4. The lowest BCUT2D eigenvalue weighted by molar-refractivity contribution is 0.143. The Balaban J connectivity index is 1.88. The van der Waals surface area contributed by atoms with Gasteiger partial charge in [0.25, 0.3) is 0 Å². The molecule has 1 N–H and O–H groups in total. The van der Waals surface area contributed by atoms with Crippen molar-refractivity contribution in [3.05, 3.63) is 47.5 Å². The zero-order valence-corrected chi connectivity index (χ0v) is 10.5. The summed E-state index contributed by atoms with van der Waals surface area (Å²) in [5, 5.41) is 14.7. The second-order valence-corrected chi connectivity index (χ2v) is 4.77. The minimum atomic E-state index is -0.499. The van der Waals surface area contributed by atoms with Gasteiger partial charge in [0.1, 0.15) is 0 Å². The zero-order valence-electron chi connectivity index (χ0n) is 10.5. The van der Waals surface area contributed by atoms with E-state index in [1.54, 1.807) is 12.4 Å². The highest BCUT2D eigenvalue weighted by molar-refractivity contribution is 5.31. The Labute approximate surface area is 106 Å². The van der Waals surface area contributed by atoms with Crippen LogP contribution in [0.5, 0.6) is 0 Å². The molecule has 0 spiro atoms. The molecule has 2 aromatic rings. The molecule has 94 valence electrons. The van der Waals surface area contributed by atoms with Crippen LogP contribution < -0.4 is 0 Å². The van der Waals surface area contributed by atoms with Crippen molar-refractivity contribution in [1.29, 1.82) is 0 Å². The van der Waals surface area contributed by atoms with Crippen molar-refractivity contribution in [1.82, 2.24) is 14.8 Å². The molecule has 0 saturated carbocycles. The number of aliphatic hydroxyl groups excluding tert-OH is 1. The van der Waals surface area contributed by atoms with Gasteiger partial charge in [-0.1, -0.05) is 6.07 Å². The van der Waals surface area contributed by atoms with E-state index < -0.39 is 6.10 Å². The number of aromatic nitrogens is 3. The Hall–Kier alpha value is -1.68. The van der Waals surface area contributed by atoms with Gasteiger partial charge in [-0.15, -0.1) is 0 Å². The van der Waals surface area contributed by atoms with Gasteiger partial charge in [-0.2, -0.15) is 5.10 Å². The van der Waals surface area contributed by atoms with Crippen LogP contribution in [-0.2, 0) is 13.0 Å². The molecule has 0 bridgehead atoms. The summed E-state index contributed by atoms with van der Waals surface area (Å²) in [4.78, 5) is 4.43. The highest BCUT2D eigenvalue weighted by Crippen LogP contribution is 2.40. The van der Waals surface area contributed by atoms with E-state index in [0.29, 0.717) is 0 Å². The van der Waals surface area contributed by atoms with Gasteiger partial charge >= 0.3 is 0 Å². The van der Waals surface area contributed by atoms with Gasteiger partial charge in [0.05, 0.1) is 12.3 Å². The number of aliphatic hydroxyl groups is 1. The van der Waals surface area contributed by atoms with Crippen LogP contribution in [0.4, 0.5) is 0 Å². The van der Waals surface area contributed by atoms with Crippen LogP contribution in [0.2, 0.25) is 0 Å². The summed E-state index contributed by atoms with van der Waals surface area (Å²) in [5.74, 6) is 0.107. The number of pyridine rings is 1. The minimum Gasteiger partial charge on any atom is -0.388 e. The maximum atomic E-state index is 10.5. The average molecular weight is 243 g/mol. The highest BCUT2D eigenvalue weighted by atomic mass is 16.3. The van der Waals surface area contributed by atoms with E-state index >= 15 is 0 Å². The summed E-state index contributed by atoms with van der Waals surface area (Å²) < 4.78 is 1.84. The molecule has 0 aliphatic heterocycles. The second kappa shape index (κ2) is 4.53. The molecule has 2 heterocycles. The molecule has 0 radical (unpaired) electrons. The lowest BCUT2D eigenvalue weighted by Crippen LogP contribution is -2.08. The molecule has 2 unspecified atom stereocenters. The van der Waals surface area contributed by atoms with E-state index in [1.807, 2.05) is 23.9 Å². The summed E-state index contributed by atoms with van der Waals surface area (Å²) in [6, 6.07) is 4.06. The van der Waals surface area contributed by atoms with Crippen LogP contribution in [0.15, 0.2) is 30.7 Å². The molecule has 2 atom stereocenters. The zero-order chi connectivity index (χ0) is 12.5. The lowest BCUT2D eigenvalue weighted by atomic mass is 9.95. The van der Waals surface area contributed by atoms with Gasteiger partial charge in [-0.3, -0.25) is 9.67 Å². The van der Waals surface area contributed by atoms with E-state index in [0.717, 1.165) is 30.6 Å². The molecule has 0 aromatic carbocycles. The molecule has 2 aromatic heterocycles. The Bertz CT molecular complexity index is 549. The largest absolute Gasteiger partial charge is 0.388 e. The van der Waals surface area contributed by atoms with Gasteiger partial charge in [0.15, 0.2) is 0 Å². The van der Waals surface area contributed by atoms with Crippen molar-refractivity contribution >= 4 is 0 Å². The van der Waals surface area contributed by atoms with Crippen LogP contribution in [0, 0.1) is 0 Å². The van der Waals surface area contributed by atoms with E-state index in [1.165, 1.54) is 5.56 Å². The third kappa shape index (κ3) is 1.82. The van der Waals surface area contributed by atoms with Gasteiger partial charge in [-0.05, 0) is 31.4 Å². The van der Waals surface area contributed by atoms with Gasteiger partial charge in [0, 0.05) is 36.1 Å². The summed E-state index contributed by atoms with van der Waals surface area (Å²) >= 11 is 0. The van der Waals surface area contributed by atoms with Crippen LogP contribution in [0.3, 0.4) is 0 Å². The first-order chi connectivity index (χ1) is 8.79. The highest BCUT2D eigenvalue weighted by Gasteiger charge is 2.31. The molecule has 1 aliphatic rings. The molecule has 0 saturated heterocycles. The number of nitrogens with zero attached hydrogens (tertiary/aromatic N) is 3. The number of fused-ring (bicyclic) bond motifs is 1. The van der Waals surface area contributed by atoms with Crippen molar-refractivity contribution < 1.29 is 5.11 Å². The van der Waals surface area contributed by atoms with Crippen molar-refractivity contribution in [3.63, 3.8) is 0 Å². The molecule has 1 aliphatic carbocycles. The fourth-order valence-electron chi connectivity index (χ4n) is 2.69. The van der Waals surface area contributed by atoms with E-state index in [-0.39, 0.29) is 5.92 Å². The first-order valence-electron chi connectivity index (χ1n) is 6.43. The number of hydrogen-bond donors (Lipinski definition) is 1. The number of aryl methyl sites for hydroxylation is 2. The van der Waals surface area contributed by atoms with Crippen molar-refractivity contribution in [2.75, 3.05) is 0 Å². The minimum absolute atomic E-state index is 0.107. The van der Waals surface area contributed by atoms with Crippen LogP contribution in [-0.4, -0.2) is 19.9 Å². The van der Waals surface area contributed by atoms with Crippen molar-refractivity contribution in [3.8, 4) is 0 Å². The molecule has 0 amide bonds. The third-order valence-electron chi connectivity index (χ3n) is 3.70. The molecule has 4 heteroatoms. The lowest BCUT2D eigenvalue weighted by Gasteiger charge is -2.16. The first-order valence-corrected chi connectivity index (χ1v) is 6.43. The maximum absolute atomic E-state index is 10.5. The molecular formula is C14H17N3O. The van der Waals surface area contributed by atoms with Crippen LogP contribution in [0.25, 0.3) is 0 Å². The Morgan fingerprint density at radius 1 is 1.56 bits per heavy atom. The quantitative estimate of drug-likeness (QED) is 0.897. The molecular weight excluding hydrogens is 226 g/mol. The van der Waals surface area contributed by atoms with E-state index in [2.05, 4.69) is 16.1 Å². The fraction of sp³-hybridized carbons (Fsp3) is 0.429. The summed E-state index contributed by atoms with van der Waals surface area (Å²) in [6.45, 7) is 2.86. The molecule has 4 nitrogen and oxygen atoms in total. The summed E-state index contributed by atoms with van der Waals surface area (Å²) in [5.41, 5.74) is 3.21. The number of hydrogen-bond acceptors (Lipinski definition) is 3. The Morgan fingerprint density at radius 2 is 2.44 bits per heavy atom. The smallest absolute Gasteiger partial charge is 0.0904 e. The monoisotopic (exact) mass is 243 g/mol. The standard InChI is InChI=1S/C14H17N3O/c1-2-17-9-11(8-16-17)14(18)12-6-5-10-4-3-7-15-13(10)12/h3-4,7-9,12,14,18H,2,5-6H2,1H3. The Kier molecular flexibility index (Phi) is 2.88. The SMILES string of the molecule is CCn1cc(C(O)C2CCc3cccnc32)cn1. The predicted molar refractivity (Wildman–Crippen MR) is 68.2 cm³/mol. The third-order valence-corrected chi connectivity index (χ3v) is 3.70. The maximum Gasteiger partial charge on any atom is 0.0904 e. The summed E-state index contributed by atoms with van der Waals surface area (Å²) in [7, 11) is 0. The van der Waals surface area contributed by atoms with E-state index in [4.69, 9.17) is 0 Å². The van der Waals surface area contributed by atoms with Crippen LogP contribution in [0.1, 0.15) is 42.2 Å². The van der Waals surface area contributed by atoms with Gasteiger partial charge in [0.2, 0.25) is 0 Å². The molecule has 18 heavy (non-hydrogen) atoms.